The van der Waals surface area contributed by atoms with Gasteiger partial charge in [-0.2, -0.15) is 5.10 Å². The van der Waals surface area contributed by atoms with Gasteiger partial charge in [-0.15, -0.1) is 0 Å². The summed E-state index contributed by atoms with van der Waals surface area (Å²) in [7, 11) is 2.95. The fourth-order valence-corrected chi connectivity index (χ4v) is 3.02. The minimum absolute atomic E-state index is 0.0141. The number of hydrogen-bond donors (Lipinski definition) is 3. The second kappa shape index (κ2) is 11.8. The standard InChI is InChI=1S/C25H22N4O7/c1-35-20-10-8-17(23(14-20)36-2)13-21(27-24(31)16-6-4-3-5-7-16)25(32)28-26-15-18-12-19(29(33)34)9-11-22(18)30/h3-15,30H,1-2H3,(H,27,31)(H,28,32)/b21-13+,26-15-. The average Bonchev–Trinajstić information content (AvgIpc) is 2.89. The number of phenolic OH excluding ortho intramolecular Hbond substituents is 1. The third kappa shape index (κ3) is 6.44. The van der Waals surface area contributed by atoms with E-state index in [0.717, 1.165) is 24.4 Å². The molecule has 184 valence electrons. The molecule has 3 aromatic rings. The summed E-state index contributed by atoms with van der Waals surface area (Å²) >= 11 is 0. The zero-order valence-corrected chi connectivity index (χ0v) is 19.3. The number of hydrogen-bond acceptors (Lipinski definition) is 8. The van der Waals surface area contributed by atoms with Crippen LogP contribution in [0.4, 0.5) is 5.69 Å². The summed E-state index contributed by atoms with van der Waals surface area (Å²) in [6.07, 6.45) is 2.44. The fourth-order valence-electron chi connectivity index (χ4n) is 3.02. The van der Waals surface area contributed by atoms with Crippen LogP contribution in [0.5, 0.6) is 17.2 Å². The van der Waals surface area contributed by atoms with Crippen LogP contribution in [0.15, 0.2) is 77.5 Å². The number of nitrogens with zero attached hydrogens (tertiary/aromatic N) is 2. The van der Waals surface area contributed by atoms with E-state index in [1.165, 1.54) is 20.3 Å². The Morgan fingerprint density at radius 3 is 2.42 bits per heavy atom. The lowest BCUT2D eigenvalue weighted by molar-refractivity contribution is -0.384. The monoisotopic (exact) mass is 490 g/mol. The van der Waals surface area contributed by atoms with Gasteiger partial charge in [0.05, 0.1) is 25.4 Å². The Morgan fingerprint density at radius 1 is 1.00 bits per heavy atom. The highest BCUT2D eigenvalue weighted by atomic mass is 16.6. The highest BCUT2D eigenvalue weighted by Gasteiger charge is 2.16. The van der Waals surface area contributed by atoms with Gasteiger partial charge in [-0.25, -0.2) is 5.43 Å². The van der Waals surface area contributed by atoms with Crippen molar-refractivity contribution in [2.45, 2.75) is 0 Å². The van der Waals surface area contributed by atoms with E-state index in [9.17, 15) is 24.8 Å². The Balaban J connectivity index is 1.90. The summed E-state index contributed by atoms with van der Waals surface area (Å²) in [5.41, 5.74) is 2.63. The first-order valence-corrected chi connectivity index (χ1v) is 10.4. The van der Waals surface area contributed by atoms with Crippen LogP contribution in [0.1, 0.15) is 21.5 Å². The molecule has 0 fully saturated rings. The molecule has 11 heteroatoms. The number of benzene rings is 3. The Morgan fingerprint density at radius 2 is 1.75 bits per heavy atom. The molecule has 0 aromatic heterocycles. The van der Waals surface area contributed by atoms with Crippen LogP contribution in [-0.4, -0.2) is 42.3 Å². The summed E-state index contributed by atoms with van der Waals surface area (Å²) < 4.78 is 10.5. The van der Waals surface area contributed by atoms with Crippen molar-refractivity contribution in [3.8, 4) is 17.2 Å². The van der Waals surface area contributed by atoms with Gasteiger partial charge in [-0.3, -0.25) is 19.7 Å². The number of phenols is 1. The molecule has 0 unspecified atom stereocenters. The van der Waals surface area contributed by atoms with Crippen molar-refractivity contribution in [3.05, 3.63) is 99.2 Å². The molecular weight excluding hydrogens is 468 g/mol. The Bertz CT molecular complexity index is 1340. The zero-order valence-electron chi connectivity index (χ0n) is 19.3. The second-order valence-electron chi connectivity index (χ2n) is 7.19. The number of hydrazone groups is 1. The van der Waals surface area contributed by atoms with Crippen LogP contribution in [0, 0.1) is 10.1 Å². The van der Waals surface area contributed by atoms with Gasteiger partial charge in [0.25, 0.3) is 17.5 Å². The number of methoxy groups -OCH3 is 2. The fraction of sp³-hybridized carbons (Fsp3) is 0.0800. The maximum atomic E-state index is 12.9. The number of carbonyl (C=O) groups excluding carboxylic acids is 2. The quantitative estimate of drug-likeness (QED) is 0.180. The average molecular weight is 490 g/mol. The Hall–Kier alpha value is -5.19. The van der Waals surface area contributed by atoms with E-state index >= 15 is 0 Å². The van der Waals surface area contributed by atoms with Crippen LogP contribution < -0.4 is 20.2 Å². The first-order chi connectivity index (χ1) is 17.3. The molecule has 0 aliphatic carbocycles. The van der Waals surface area contributed by atoms with Crippen molar-refractivity contribution >= 4 is 29.8 Å². The summed E-state index contributed by atoms with van der Waals surface area (Å²) in [4.78, 5) is 36.0. The van der Waals surface area contributed by atoms with Gasteiger partial charge in [0.1, 0.15) is 22.9 Å². The molecule has 11 nitrogen and oxygen atoms in total. The van der Waals surface area contributed by atoms with E-state index in [2.05, 4.69) is 15.8 Å². The molecular formula is C25H22N4O7. The van der Waals surface area contributed by atoms with Crippen molar-refractivity contribution in [1.82, 2.24) is 10.7 Å². The topological polar surface area (TPSA) is 152 Å². The zero-order chi connectivity index (χ0) is 26.1. The van der Waals surface area contributed by atoms with E-state index in [4.69, 9.17) is 9.47 Å². The molecule has 0 saturated heterocycles. The van der Waals surface area contributed by atoms with E-state index < -0.39 is 16.7 Å². The lowest BCUT2D eigenvalue weighted by Crippen LogP contribution is -2.32. The number of nitro groups is 1. The molecule has 0 bridgehead atoms. The summed E-state index contributed by atoms with van der Waals surface area (Å²) in [5.74, 6) is -0.680. The van der Waals surface area contributed by atoms with E-state index in [0.29, 0.717) is 22.6 Å². The van der Waals surface area contributed by atoms with Gasteiger partial charge in [-0.05, 0) is 36.4 Å². The maximum Gasteiger partial charge on any atom is 0.287 e. The van der Waals surface area contributed by atoms with Crippen LogP contribution in [-0.2, 0) is 4.79 Å². The van der Waals surface area contributed by atoms with E-state index in [1.807, 2.05) is 0 Å². The van der Waals surface area contributed by atoms with Crippen LogP contribution >= 0.6 is 0 Å². The van der Waals surface area contributed by atoms with Gasteiger partial charge in [0, 0.05) is 34.9 Å². The number of rotatable bonds is 9. The van der Waals surface area contributed by atoms with Crippen molar-refractivity contribution in [3.63, 3.8) is 0 Å². The molecule has 3 aromatic carbocycles. The van der Waals surface area contributed by atoms with Gasteiger partial charge in [0.2, 0.25) is 0 Å². The van der Waals surface area contributed by atoms with Gasteiger partial charge >= 0.3 is 0 Å². The number of nitro benzene ring substituents is 1. The minimum Gasteiger partial charge on any atom is -0.507 e. The lowest BCUT2D eigenvalue weighted by atomic mass is 10.1. The third-order valence-corrected chi connectivity index (χ3v) is 4.86. The van der Waals surface area contributed by atoms with Gasteiger partial charge < -0.3 is 19.9 Å². The van der Waals surface area contributed by atoms with Crippen molar-refractivity contribution < 1.29 is 29.1 Å². The van der Waals surface area contributed by atoms with Crippen LogP contribution in [0.25, 0.3) is 6.08 Å². The van der Waals surface area contributed by atoms with E-state index in [-0.39, 0.29) is 22.7 Å². The molecule has 3 rings (SSSR count). The highest BCUT2D eigenvalue weighted by molar-refractivity contribution is 6.05. The molecule has 3 N–H and O–H groups in total. The molecule has 0 heterocycles. The predicted molar refractivity (Wildman–Crippen MR) is 132 cm³/mol. The number of ether oxygens (including phenoxy) is 2. The number of nitrogens with one attached hydrogen (secondary N) is 2. The first-order valence-electron chi connectivity index (χ1n) is 10.4. The number of non-ortho nitro benzene ring substituents is 1. The normalized spacial score (nSPS) is 11.1. The molecule has 0 radical (unpaired) electrons. The number of carbonyl (C=O) groups is 2. The minimum atomic E-state index is -0.793. The number of amides is 2. The molecule has 2 amide bonds. The molecule has 0 spiro atoms. The summed E-state index contributed by atoms with van der Waals surface area (Å²) in [6.45, 7) is 0. The molecule has 0 saturated carbocycles. The van der Waals surface area contributed by atoms with Gasteiger partial charge in [0.15, 0.2) is 0 Å². The van der Waals surface area contributed by atoms with E-state index in [1.54, 1.807) is 48.5 Å². The molecule has 0 aliphatic rings. The Kier molecular flexibility index (Phi) is 8.33. The molecule has 0 aliphatic heterocycles. The smallest absolute Gasteiger partial charge is 0.287 e. The second-order valence-corrected chi connectivity index (χ2v) is 7.19. The third-order valence-electron chi connectivity index (χ3n) is 4.86. The van der Waals surface area contributed by atoms with Gasteiger partial charge in [-0.1, -0.05) is 18.2 Å². The van der Waals surface area contributed by atoms with Crippen molar-refractivity contribution in [2.75, 3.05) is 14.2 Å². The van der Waals surface area contributed by atoms with Crippen LogP contribution in [0.3, 0.4) is 0 Å². The summed E-state index contributed by atoms with van der Waals surface area (Å²) in [6, 6.07) is 16.6. The maximum absolute atomic E-state index is 12.9. The van der Waals surface area contributed by atoms with Crippen molar-refractivity contribution in [1.29, 1.82) is 0 Å². The number of aromatic hydroxyl groups is 1. The molecule has 36 heavy (non-hydrogen) atoms. The predicted octanol–water partition coefficient (Wildman–Crippen LogP) is 3.24. The lowest BCUT2D eigenvalue weighted by Gasteiger charge is -2.11. The SMILES string of the molecule is COc1ccc(/C=C(/NC(=O)c2ccccc2)C(=O)N/N=C\c2cc([N+](=O)[O-])ccc2O)c(OC)c1. The largest absolute Gasteiger partial charge is 0.507 e. The highest BCUT2D eigenvalue weighted by Crippen LogP contribution is 2.26. The molecule has 0 atom stereocenters. The van der Waals surface area contributed by atoms with Crippen molar-refractivity contribution in [2.24, 2.45) is 5.10 Å². The first kappa shape index (κ1) is 25.4. The van der Waals surface area contributed by atoms with Crippen LogP contribution in [0.2, 0.25) is 0 Å². The Labute approximate surface area is 205 Å². The summed E-state index contributed by atoms with van der Waals surface area (Å²) in [5, 5.41) is 27.2.